The Labute approximate surface area is 113 Å². The second-order valence-corrected chi connectivity index (χ2v) is 4.28. The zero-order chi connectivity index (χ0) is 13.8. The molecule has 0 unspecified atom stereocenters. The van der Waals surface area contributed by atoms with Gasteiger partial charge in [0.05, 0.1) is 25.6 Å². The molecule has 0 radical (unpaired) electrons. The molecule has 4 nitrogen and oxygen atoms in total. The predicted octanol–water partition coefficient (Wildman–Crippen LogP) is 3.17. The van der Waals surface area contributed by atoms with Gasteiger partial charge in [-0.15, -0.1) is 0 Å². The Morgan fingerprint density at radius 3 is 2.63 bits per heavy atom. The Hall–Kier alpha value is -2.10. The molecule has 1 heterocycles. The molecule has 19 heavy (non-hydrogen) atoms. The van der Waals surface area contributed by atoms with Gasteiger partial charge in [-0.25, -0.2) is 0 Å². The summed E-state index contributed by atoms with van der Waals surface area (Å²) in [6, 6.07) is 5.85. The van der Waals surface area contributed by atoms with Crippen LogP contribution in [0.4, 0.5) is 0 Å². The Kier molecular flexibility index (Phi) is 4.00. The maximum Gasteiger partial charge on any atom is 0.130 e. The van der Waals surface area contributed by atoms with Crippen molar-refractivity contribution in [3.05, 3.63) is 35.7 Å². The number of benzene rings is 1. The molecule has 0 N–H and O–H groups in total. The van der Waals surface area contributed by atoms with Crippen LogP contribution in [0.25, 0.3) is 11.1 Å². The fraction of sp³-hybridized carbons (Fsp3) is 0.333. The molecular weight excluding hydrogens is 240 g/mol. The summed E-state index contributed by atoms with van der Waals surface area (Å²) in [6.45, 7) is 6.57. The lowest BCUT2D eigenvalue weighted by Gasteiger charge is -2.14. The van der Waals surface area contributed by atoms with Crippen molar-refractivity contribution in [3.63, 3.8) is 0 Å². The molecule has 0 amide bonds. The topological polar surface area (TPSA) is 44.2 Å². The number of hydrogen-bond acceptors (Lipinski definition) is 4. The first-order valence-corrected chi connectivity index (χ1v) is 6.27. The molecule has 2 rings (SSSR count). The van der Waals surface area contributed by atoms with Crippen molar-refractivity contribution >= 4 is 0 Å². The standard InChI is InChI=1S/C15H18N2O2/c1-5-19-12-6-7-13(14(8-12)18-4)15-10(2)9-16-17-11(15)3/h6-9H,5H2,1-4H3. The molecular formula is C15H18N2O2. The van der Waals surface area contributed by atoms with Gasteiger partial charge < -0.3 is 9.47 Å². The lowest BCUT2D eigenvalue weighted by molar-refractivity contribution is 0.336. The number of methoxy groups -OCH3 is 1. The predicted molar refractivity (Wildman–Crippen MR) is 74.7 cm³/mol. The molecule has 0 saturated carbocycles. The van der Waals surface area contributed by atoms with Gasteiger partial charge in [-0.2, -0.15) is 10.2 Å². The number of hydrogen-bond donors (Lipinski definition) is 0. The Morgan fingerprint density at radius 1 is 1.21 bits per heavy atom. The summed E-state index contributed by atoms with van der Waals surface area (Å²) in [6.07, 6.45) is 1.76. The second kappa shape index (κ2) is 5.69. The first kappa shape index (κ1) is 13.3. The Balaban J connectivity index is 2.56. The first-order chi connectivity index (χ1) is 9.17. The molecule has 0 saturated heterocycles. The third kappa shape index (κ3) is 2.67. The minimum Gasteiger partial charge on any atom is -0.496 e. The third-order valence-corrected chi connectivity index (χ3v) is 2.97. The lowest BCUT2D eigenvalue weighted by atomic mass is 9.99. The molecule has 4 heteroatoms. The van der Waals surface area contributed by atoms with Crippen LogP contribution in [0.1, 0.15) is 18.2 Å². The second-order valence-electron chi connectivity index (χ2n) is 4.28. The molecule has 0 aliphatic carbocycles. The average molecular weight is 258 g/mol. The summed E-state index contributed by atoms with van der Waals surface area (Å²) < 4.78 is 11.0. The van der Waals surface area contributed by atoms with E-state index in [-0.39, 0.29) is 0 Å². The van der Waals surface area contributed by atoms with Crippen LogP contribution >= 0.6 is 0 Å². The number of nitrogens with zero attached hydrogens (tertiary/aromatic N) is 2. The van der Waals surface area contributed by atoms with Gasteiger partial charge in [-0.3, -0.25) is 0 Å². The number of ether oxygens (including phenoxy) is 2. The zero-order valence-electron chi connectivity index (χ0n) is 11.7. The molecule has 0 atom stereocenters. The smallest absolute Gasteiger partial charge is 0.130 e. The highest BCUT2D eigenvalue weighted by Crippen LogP contribution is 2.35. The van der Waals surface area contributed by atoms with Gasteiger partial charge in [0.1, 0.15) is 11.5 Å². The summed E-state index contributed by atoms with van der Waals surface area (Å²) in [4.78, 5) is 0. The van der Waals surface area contributed by atoms with Crippen LogP contribution in [-0.2, 0) is 0 Å². The van der Waals surface area contributed by atoms with E-state index >= 15 is 0 Å². The van der Waals surface area contributed by atoms with Gasteiger partial charge in [0.25, 0.3) is 0 Å². The SMILES string of the molecule is CCOc1ccc(-c2c(C)cnnc2C)c(OC)c1. The van der Waals surface area contributed by atoms with Crippen molar-refractivity contribution in [2.75, 3.05) is 13.7 Å². The molecule has 1 aromatic carbocycles. The van der Waals surface area contributed by atoms with E-state index < -0.39 is 0 Å². The summed E-state index contributed by atoms with van der Waals surface area (Å²) >= 11 is 0. The van der Waals surface area contributed by atoms with Gasteiger partial charge in [-0.05, 0) is 38.5 Å². The molecule has 2 aromatic rings. The zero-order valence-corrected chi connectivity index (χ0v) is 11.7. The largest absolute Gasteiger partial charge is 0.496 e. The Bertz CT molecular complexity index is 562. The molecule has 0 aliphatic heterocycles. The molecule has 0 fully saturated rings. The van der Waals surface area contributed by atoms with E-state index in [1.807, 2.05) is 39.0 Å². The lowest BCUT2D eigenvalue weighted by Crippen LogP contribution is -1.98. The van der Waals surface area contributed by atoms with Crippen LogP contribution in [0.3, 0.4) is 0 Å². The fourth-order valence-electron chi connectivity index (χ4n) is 2.14. The maximum atomic E-state index is 5.49. The molecule has 0 spiro atoms. The quantitative estimate of drug-likeness (QED) is 0.845. The van der Waals surface area contributed by atoms with Crippen LogP contribution in [-0.4, -0.2) is 23.9 Å². The number of aryl methyl sites for hydroxylation is 2. The van der Waals surface area contributed by atoms with Crippen LogP contribution < -0.4 is 9.47 Å². The summed E-state index contributed by atoms with van der Waals surface area (Å²) in [5.74, 6) is 1.59. The van der Waals surface area contributed by atoms with Crippen molar-refractivity contribution in [2.24, 2.45) is 0 Å². The molecule has 0 bridgehead atoms. The highest BCUT2D eigenvalue weighted by molar-refractivity contribution is 5.75. The van der Waals surface area contributed by atoms with Crippen molar-refractivity contribution in [1.82, 2.24) is 10.2 Å². The van der Waals surface area contributed by atoms with E-state index in [1.54, 1.807) is 13.3 Å². The van der Waals surface area contributed by atoms with Gasteiger partial charge in [-0.1, -0.05) is 0 Å². The van der Waals surface area contributed by atoms with Crippen molar-refractivity contribution in [2.45, 2.75) is 20.8 Å². The highest BCUT2D eigenvalue weighted by Gasteiger charge is 2.13. The average Bonchev–Trinajstić information content (AvgIpc) is 2.40. The van der Waals surface area contributed by atoms with Crippen LogP contribution in [0.15, 0.2) is 24.4 Å². The van der Waals surface area contributed by atoms with Crippen LogP contribution in [0, 0.1) is 13.8 Å². The number of aromatic nitrogens is 2. The monoisotopic (exact) mass is 258 g/mol. The van der Waals surface area contributed by atoms with E-state index in [9.17, 15) is 0 Å². The molecule has 100 valence electrons. The minimum atomic E-state index is 0.636. The van der Waals surface area contributed by atoms with Gasteiger partial charge in [0, 0.05) is 17.2 Å². The van der Waals surface area contributed by atoms with Crippen molar-refractivity contribution < 1.29 is 9.47 Å². The van der Waals surface area contributed by atoms with E-state index in [1.165, 1.54) is 0 Å². The third-order valence-electron chi connectivity index (χ3n) is 2.97. The molecule has 1 aromatic heterocycles. The van der Waals surface area contributed by atoms with Crippen LogP contribution in [0.5, 0.6) is 11.5 Å². The van der Waals surface area contributed by atoms with Crippen LogP contribution in [0.2, 0.25) is 0 Å². The van der Waals surface area contributed by atoms with E-state index in [0.29, 0.717) is 6.61 Å². The number of rotatable bonds is 4. The summed E-state index contributed by atoms with van der Waals surface area (Å²) in [7, 11) is 1.66. The summed E-state index contributed by atoms with van der Waals surface area (Å²) in [5.41, 5.74) is 4.04. The maximum absolute atomic E-state index is 5.49. The van der Waals surface area contributed by atoms with E-state index in [0.717, 1.165) is 33.9 Å². The Morgan fingerprint density at radius 2 is 2.00 bits per heavy atom. The van der Waals surface area contributed by atoms with Crippen molar-refractivity contribution in [1.29, 1.82) is 0 Å². The normalized spacial score (nSPS) is 10.3. The van der Waals surface area contributed by atoms with Crippen molar-refractivity contribution in [3.8, 4) is 22.6 Å². The van der Waals surface area contributed by atoms with Gasteiger partial charge >= 0.3 is 0 Å². The van der Waals surface area contributed by atoms with Gasteiger partial charge in [0.2, 0.25) is 0 Å². The highest BCUT2D eigenvalue weighted by atomic mass is 16.5. The van der Waals surface area contributed by atoms with Gasteiger partial charge in [0.15, 0.2) is 0 Å². The fourth-order valence-corrected chi connectivity index (χ4v) is 2.14. The van der Waals surface area contributed by atoms with E-state index in [4.69, 9.17) is 9.47 Å². The molecule has 0 aliphatic rings. The van der Waals surface area contributed by atoms with E-state index in [2.05, 4.69) is 10.2 Å². The minimum absolute atomic E-state index is 0.636. The summed E-state index contributed by atoms with van der Waals surface area (Å²) in [5, 5.41) is 8.07. The first-order valence-electron chi connectivity index (χ1n) is 6.27.